The lowest BCUT2D eigenvalue weighted by atomic mass is 10.1. The Morgan fingerprint density at radius 3 is 2.64 bits per heavy atom. The summed E-state index contributed by atoms with van der Waals surface area (Å²) in [5.41, 5.74) is 6.55. The molecule has 9 heteroatoms. The number of nitrogens with two attached hydrogens (primary N) is 1. The summed E-state index contributed by atoms with van der Waals surface area (Å²) < 4.78 is 5.33. The molecule has 4 N–H and O–H groups in total. The highest BCUT2D eigenvalue weighted by molar-refractivity contribution is 7.80. The molecule has 0 saturated carbocycles. The van der Waals surface area contributed by atoms with Crippen molar-refractivity contribution in [2.75, 3.05) is 11.9 Å². The summed E-state index contributed by atoms with van der Waals surface area (Å²) in [6.07, 6.45) is 0. The van der Waals surface area contributed by atoms with E-state index in [0.29, 0.717) is 21.3 Å². The number of benzene rings is 1. The van der Waals surface area contributed by atoms with Crippen LogP contribution in [0.4, 0.5) is 5.00 Å². The van der Waals surface area contributed by atoms with E-state index < -0.39 is 11.8 Å². The third-order valence-corrected chi connectivity index (χ3v) is 4.95. The third kappa shape index (κ3) is 4.91. The predicted octanol–water partition coefficient (Wildman–Crippen LogP) is 3.01. The second kappa shape index (κ2) is 8.28. The number of carbonyl (C=O) groups is 2. The number of thiophene rings is 1. The van der Waals surface area contributed by atoms with Crippen molar-refractivity contribution in [2.45, 2.75) is 13.8 Å². The first-order chi connectivity index (χ1) is 11.8. The van der Waals surface area contributed by atoms with Crippen LogP contribution in [0.15, 0.2) is 24.3 Å². The van der Waals surface area contributed by atoms with Crippen molar-refractivity contribution in [3.8, 4) is 5.75 Å². The predicted molar refractivity (Wildman–Crippen MR) is 104 cm³/mol. The van der Waals surface area contributed by atoms with E-state index in [1.807, 2.05) is 6.92 Å². The summed E-state index contributed by atoms with van der Waals surface area (Å²) >= 11 is 12.4. The molecule has 2 rings (SSSR count). The second-order valence-electron chi connectivity index (χ2n) is 5.07. The van der Waals surface area contributed by atoms with Gasteiger partial charge in [-0.25, -0.2) is 0 Å². The van der Waals surface area contributed by atoms with Crippen LogP contribution >= 0.6 is 35.2 Å². The molecule has 6 nitrogen and oxygen atoms in total. The summed E-state index contributed by atoms with van der Waals surface area (Å²) in [4.78, 5) is 24.4. The fraction of sp³-hybridized carbons (Fsp3) is 0.188. The van der Waals surface area contributed by atoms with Crippen molar-refractivity contribution in [2.24, 2.45) is 5.73 Å². The first-order valence-electron chi connectivity index (χ1n) is 7.17. The third-order valence-electron chi connectivity index (χ3n) is 3.31. The van der Waals surface area contributed by atoms with Crippen LogP contribution < -0.4 is 21.1 Å². The first kappa shape index (κ1) is 19.2. The van der Waals surface area contributed by atoms with Crippen LogP contribution in [-0.2, 0) is 4.79 Å². The lowest BCUT2D eigenvalue weighted by Crippen LogP contribution is -2.37. The van der Waals surface area contributed by atoms with E-state index in [1.165, 1.54) is 11.3 Å². The van der Waals surface area contributed by atoms with Gasteiger partial charge in [0.25, 0.3) is 11.8 Å². The van der Waals surface area contributed by atoms with Gasteiger partial charge in [0.15, 0.2) is 11.7 Å². The highest BCUT2D eigenvalue weighted by Crippen LogP contribution is 2.31. The summed E-state index contributed by atoms with van der Waals surface area (Å²) in [5, 5.41) is 6.27. The number of thiocarbonyl (C=S) groups is 1. The number of hydrogen-bond acceptors (Lipinski definition) is 5. The minimum absolute atomic E-state index is 0.0523. The van der Waals surface area contributed by atoms with E-state index in [9.17, 15) is 9.59 Å². The number of carbonyl (C=O) groups excluding carboxylic acids is 2. The van der Waals surface area contributed by atoms with E-state index >= 15 is 0 Å². The molecular weight excluding hydrogens is 382 g/mol. The average molecular weight is 398 g/mol. The second-order valence-corrected chi connectivity index (χ2v) is 7.11. The molecule has 0 aliphatic carbocycles. The SMILES string of the molecule is Cc1sc(NC(=S)NC(=O)COc2ccccc2Cl)c(C(N)=O)c1C. The number of para-hydroxylation sites is 1. The van der Waals surface area contributed by atoms with Gasteiger partial charge in [-0.05, 0) is 43.8 Å². The molecule has 132 valence electrons. The zero-order valence-corrected chi connectivity index (χ0v) is 15.9. The number of amides is 2. The van der Waals surface area contributed by atoms with Gasteiger partial charge in [0.1, 0.15) is 10.8 Å². The van der Waals surface area contributed by atoms with Gasteiger partial charge in [-0.2, -0.15) is 0 Å². The van der Waals surface area contributed by atoms with E-state index in [1.54, 1.807) is 31.2 Å². The lowest BCUT2D eigenvalue weighted by molar-refractivity contribution is -0.121. The molecule has 0 bridgehead atoms. The van der Waals surface area contributed by atoms with Crippen LogP contribution in [0, 0.1) is 13.8 Å². The molecule has 2 amide bonds. The molecule has 1 heterocycles. The Morgan fingerprint density at radius 2 is 2.00 bits per heavy atom. The molecule has 0 radical (unpaired) electrons. The molecule has 0 saturated heterocycles. The molecule has 1 aromatic heterocycles. The Kier molecular flexibility index (Phi) is 6.35. The van der Waals surface area contributed by atoms with Gasteiger partial charge in [0.2, 0.25) is 0 Å². The monoisotopic (exact) mass is 397 g/mol. The van der Waals surface area contributed by atoms with Crippen molar-refractivity contribution in [1.82, 2.24) is 5.32 Å². The van der Waals surface area contributed by atoms with Crippen LogP contribution in [0.2, 0.25) is 5.02 Å². The summed E-state index contributed by atoms with van der Waals surface area (Å²) in [6, 6.07) is 6.82. The summed E-state index contributed by atoms with van der Waals surface area (Å²) in [6.45, 7) is 3.42. The van der Waals surface area contributed by atoms with Crippen molar-refractivity contribution < 1.29 is 14.3 Å². The molecule has 0 unspecified atom stereocenters. The van der Waals surface area contributed by atoms with Gasteiger partial charge in [-0.15, -0.1) is 11.3 Å². The molecule has 2 aromatic rings. The molecule has 25 heavy (non-hydrogen) atoms. The zero-order chi connectivity index (χ0) is 18.6. The van der Waals surface area contributed by atoms with Gasteiger partial charge in [0, 0.05) is 4.88 Å². The number of rotatable bonds is 5. The molecule has 0 atom stereocenters. The largest absolute Gasteiger partial charge is 0.482 e. The number of halogens is 1. The van der Waals surface area contributed by atoms with Crippen LogP contribution in [0.25, 0.3) is 0 Å². The van der Waals surface area contributed by atoms with E-state index in [4.69, 9.17) is 34.3 Å². The van der Waals surface area contributed by atoms with Crippen molar-refractivity contribution in [1.29, 1.82) is 0 Å². The van der Waals surface area contributed by atoms with E-state index in [2.05, 4.69) is 10.6 Å². The minimum Gasteiger partial charge on any atom is -0.482 e. The van der Waals surface area contributed by atoms with Gasteiger partial charge in [-0.1, -0.05) is 23.7 Å². The molecule has 0 fully saturated rings. The van der Waals surface area contributed by atoms with Gasteiger partial charge < -0.3 is 15.8 Å². The van der Waals surface area contributed by atoms with E-state index in [0.717, 1.165) is 10.4 Å². The molecule has 1 aromatic carbocycles. The first-order valence-corrected chi connectivity index (χ1v) is 8.77. The Bertz CT molecular complexity index is 836. The molecule has 0 aliphatic heterocycles. The number of primary amides is 1. The fourth-order valence-corrected chi connectivity index (χ4v) is 3.55. The summed E-state index contributed by atoms with van der Waals surface area (Å²) in [5.74, 6) is -0.609. The van der Waals surface area contributed by atoms with Crippen LogP contribution in [0.5, 0.6) is 5.75 Å². The fourth-order valence-electron chi connectivity index (χ4n) is 2.01. The highest BCUT2D eigenvalue weighted by Gasteiger charge is 2.18. The van der Waals surface area contributed by atoms with Crippen molar-refractivity contribution in [3.05, 3.63) is 45.3 Å². The molecule has 0 aliphatic rings. The van der Waals surface area contributed by atoms with Crippen molar-refractivity contribution >= 4 is 57.1 Å². The topological polar surface area (TPSA) is 93.4 Å². The average Bonchev–Trinajstić information content (AvgIpc) is 2.80. The number of nitrogens with one attached hydrogen (secondary N) is 2. The number of ether oxygens (including phenoxy) is 1. The van der Waals surface area contributed by atoms with E-state index in [-0.39, 0.29) is 11.7 Å². The maximum Gasteiger partial charge on any atom is 0.264 e. The maximum absolute atomic E-state index is 11.9. The number of hydrogen-bond donors (Lipinski definition) is 3. The molecule has 0 spiro atoms. The minimum atomic E-state index is -0.555. The normalized spacial score (nSPS) is 10.2. The smallest absolute Gasteiger partial charge is 0.264 e. The Hall–Kier alpha value is -2.16. The van der Waals surface area contributed by atoms with Crippen molar-refractivity contribution in [3.63, 3.8) is 0 Å². The van der Waals surface area contributed by atoms with Crippen LogP contribution in [0.3, 0.4) is 0 Å². The summed E-state index contributed by atoms with van der Waals surface area (Å²) in [7, 11) is 0. The van der Waals surface area contributed by atoms with Gasteiger partial charge in [0.05, 0.1) is 10.6 Å². The van der Waals surface area contributed by atoms with Gasteiger partial charge >= 0.3 is 0 Å². The van der Waals surface area contributed by atoms with Gasteiger partial charge in [-0.3, -0.25) is 14.9 Å². The van der Waals surface area contributed by atoms with Crippen LogP contribution in [0.1, 0.15) is 20.8 Å². The number of anilines is 1. The highest BCUT2D eigenvalue weighted by atomic mass is 35.5. The van der Waals surface area contributed by atoms with Crippen LogP contribution in [-0.4, -0.2) is 23.5 Å². The quantitative estimate of drug-likeness (QED) is 0.674. The molecular formula is C16H16ClN3O3S2. The Labute approximate surface area is 159 Å². The number of aryl methyl sites for hydroxylation is 1. The maximum atomic E-state index is 11.9. The Balaban J connectivity index is 1.94. The standard InChI is InChI=1S/C16H16ClN3O3S2/c1-8-9(2)25-15(13(8)14(18)22)20-16(24)19-12(21)7-23-11-6-4-3-5-10(11)17/h3-6H,7H2,1-2H3,(H2,18,22)(H2,19,20,21,24). The zero-order valence-electron chi connectivity index (χ0n) is 13.5. The Morgan fingerprint density at radius 1 is 1.32 bits per heavy atom. The lowest BCUT2D eigenvalue weighted by Gasteiger charge is -2.11.